The van der Waals surface area contributed by atoms with E-state index in [2.05, 4.69) is 29.2 Å². The summed E-state index contributed by atoms with van der Waals surface area (Å²) in [6, 6.07) is 0.673. The molecule has 1 aromatic rings. The number of rotatable bonds is 6. The topological polar surface area (TPSA) is 33.1 Å². The smallest absolute Gasteiger partial charge is 0.0863 e. The molecule has 0 atom stereocenters. The van der Waals surface area contributed by atoms with E-state index in [0.717, 1.165) is 49.0 Å². The van der Waals surface area contributed by atoms with E-state index < -0.39 is 0 Å². The first-order valence-electron chi connectivity index (χ1n) is 7.82. The molecule has 1 aliphatic heterocycles. The van der Waals surface area contributed by atoms with Crippen molar-refractivity contribution in [3.8, 4) is 0 Å². The largest absolute Gasteiger partial charge is 0.317 e. The first kappa shape index (κ1) is 15.8. The van der Waals surface area contributed by atoms with E-state index in [1.165, 1.54) is 19.3 Å². The highest BCUT2D eigenvalue weighted by atomic mass is 35.5. The molecule has 0 radical (unpaired) electrons. The Morgan fingerprint density at radius 1 is 1.35 bits per heavy atom. The molecule has 2 rings (SSSR count). The van der Waals surface area contributed by atoms with Gasteiger partial charge in [-0.25, -0.2) is 0 Å². The molecular formula is C15H27ClN4. The van der Waals surface area contributed by atoms with Crippen LogP contribution in [0.5, 0.6) is 0 Å². The number of aryl methyl sites for hydroxylation is 2. The zero-order valence-electron chi connectivity index (χ0n) is 13.0. The minimum atomic E-state index is 0.673. The maximum atomic E-state index is 6.49. The predicted molar refractivity (Wildman–Crippen MR) is 84.2 cm³/mol. The number of aromatic nitrogens is 2. The summed E-state index contributed by atoms with van der Waals surface area (Å²) in [4.78, 5) is 2.59. The average Bonchev–Trinajstić information content (AvgIpc) is 2.75. The van der Waals surface area contributed by atoms with Gasteiger partial charge in [-0.1, -0.05) is 25.4 Å². The Kier molecular flexibility index (Phi) is 5.87. The summed E-state index contributed by atoms with van der Waals surface area (Å²) < 4.78 is 1.96. The molecule has 5 heteroatoms. The number of halogens is 1. The summed E-state index contributed by atoms with van der Waals surface area (Å²) in [6.07, 6.45) is 4.54. The lowest BCUT2D eigenvalue weighted by Crippen LogP contribution is -2.43. The Hall–Kier alpha value is -0.580. The molecule has 1 fully saturated rings. The van der Waals surface area contributed by atoms with Crippen LogP contribution in [0.2, 0.25) is 5.02 Å². The van der Waals surface area contributed by atoms with Crippen molar-refractivity contribution in [3.63, 3.8) is 0 Å². The Bertz CT molecular complexity index is 424. The second kappa shape index (κ2) is 7.43. The third-order valence-corrected chi connectivity index (χ3v) is 4.63. The number of nitrogens with zero attached hydrogens (tertiary/aromatic N) is 3. The van der Waals surface area contributed by atoms with Gasteiger partial charge in [0.15, 0.2) is 0 Å². The summed E-state index contributed by atoms with van der Waals surface area (Å²) >= 11 is 6.49. The van der Waals surface area contributed by atoms with Crippen molar-refractivity contribution in [1.29, 1.82) is 0 Å². The van der Waals surface area contributed by atoms with Crippen LogP contribution in [0.3, 0.4) is 0 Å². The van der Waals surface area contributed by atoms with Crippen LogP contribution in [0, 0.1) is 0 Å². The number of nitrogens with one attached hydrogen (secondary N) is 1. The number of piperidine rings is 1. The Morgan fingerprint density at radius 2 is 2.05 bits per heavy atom. The van der Waals surface area contributed by atoms with Gasteiger partial charge in [-0.15, -0.1) is 0 Å². The van der Waals surface area contributed by atoms with Gasteiger partial charge in [-0.05, 0) is 45.3 Å². The van der Waals surface area contributed by atoms with Gasteiger partial charge in [0.1, 0.15) is 0 Å². The van der Waals surface area contributed by atoms with Gasteiger partial charge in [-0.2, -0.15) is 5.10 Å². The molecule has 0 aliphatic carbocycles. The minimum absolute atomic E-state index is 0.673. The summed E-state index contributed by atoms with van der Waals surface area (Å²) in [5.41, 5.74) is 2.18. The summed E-state index contributed by atoms with van der Waals surface area (Å²) in [5, 5.41) is 8.84. The summed E-state index contributed by atoms with van der Waals surface area (Å²) in [5.74, 6) is 0. The van der Waals surface area contributed by atoms with E-state index in [4.69, 9.17) is 11.6 Å². The summed E-state index contributed by atoms with van der Waals surface area (Å²) in [7, 11) is 2.01. The van der Waals surface area contributed by atoms with Crippen molar-refractivity contribution in [2.45, 2.75) is 52.1 Å². The molecule has 0 spiro atoms. The first-order valence-corrected chi connectivity index (χ1v) is 8.20. The van der Waals surface area contributed by atoms with Gasteiger partial charge in [0, 0.05) is 19.6 Å². The highest BCUT2D eigenvalue weighted by molar-refractivity contribution is 6.31. The molecule has 1 saturated heterocycles. The van der Waals surface area contributed by atoms with Gasteiger partial charge in [0.05, 0.1) is 16.4 Å². The van der Waals surface area contributed by atoms with Crippen molar-refractivity contribution in [1.82, 2.24) is 20.0 Å². The van der Waals surface area contributed by atoms with Crippen molar-refractivity contribution in [2.24, 2.45) is 7.05 Å². The normalized spacial score (nSPS) is 17.1. The third-order valence-electron chi connectivity index (χ3n) is 4.19. The summed E-state index contributed by atoms with van der Waals surface area (Å²) in [6.45, 7) is 8.66. The Labute approximate surface area is 127 Å². The van der Waals surface area contributed by atoms with Gasteiger partial charge in [0.2, 0.25) is 0 Å². The Balaban J connectivity index is 2.12. The highest BCUT2D eigenvalue weighted by Crippen LogP contribution is 2.24. The molecule has 1 aromatic heterocycles. The minimum Gasteiger partial charge on any atom is -0.317 e. The van der Waals surface area contributed by atoms with E-state index in [9.17, 15) is 0 Å². The van der Waals surface area contributed by atoms with Crippen molar-refractivity contribution in [2.75, 3.05) is 19.6 Å². The second-order valence-electron chi connectivity index (χ2n) is 5.64. The molecule has 4 nitrogen and oxygen atoms in total. The zero-order chi connectivity index (χ0) is 14.5. The van der Waals surface area contributed by atoms with Crippen LogP contribution in [0.15, 0.2) is 0 Å². The van der Waals surface area contributed by atoms with E-state index in [1.807, 2.05) is 11.7 Å². The fraction of sp³-hybridized carbons (Fsp3) is 0.800. The van der Waals surface area contributed by atoms with E-state index in [1.54, 1.807) is 0 Å². The molecule has 1 N–H and O–H groups in total. The van der Waals surface area contributed by atoms with Crippen molar-refractivity contribution in [3.05, 3.63) is 16.4 Å². The van der Waals surface area contributed by atoms with Gasteiger partial charge in [-0.3, -0.25) is 9.58 Å². The van der Waals surface area contributed by atoms with E-state index >= 15 is 0 Å². The van der Waals surface area contributed by atoms with Crippen molar-refractivity contribution >= 4 is 11.6 Å². The molecule has 0 unspecified atom stereocenters. The number of hydrogen-bond donors (Lipinski definition) is 1. The number of hydrogen-bond acceptors (Lipinski definition) is 3. The maximum Gasteiger partial charge on any atom is 0.0863 e. The molecule has 0 aromatic carbocycles. The first-order chi connectivity index (χ1) is 9.67. The van der Waals surface area contributed by atoms with E-state index in [-0.39, 0.29) is 0 Å². The quantitative estimate of drug-likeness (QED) is 0.876. The third kappa shape index (κ3) is 3.54. The average molecular weight is 299 g/mol. The molecule has 20 heavy (non-hydrogen) atoms. The van der Waals surface area contributed by atoms with Crippen LogP contribution < -0.4 is 5.32 Å². The monoisotopic (exact) mass is 298 g/mol. The molecule has 114 valence electrons. The lowest BCUT2D eigenvalue weighted by atomic mass is 10.0. The molecule has 0 bridgehead atoms. The molecule has 2 heterocycles. The van der Waals surface area contributed by atoms with Crippen LogP contribution in [0.1, 0.15) is 44.5 Å². The second-order valence-corrected chi connectivity index (χ2v) is 6.01. The SMILES string of the molecule is CCCN(Cc1c(Cl)c(CC)nn1C)C1CCNCC1. The van der Waals surface area contributed by atoms with Crippen molar-refractivity contribution < 1.29 is 0 Å². The van der Waals surface area contributed by atoms with Crippen LogP contribution in [-0.2, 0) is 20.0 Å². The molecule has 1 aliphatic rings. The maximum absolute atomic E-state index is 6.49. The van der Waals surface area contributed by atoms with Crippen LogP contribution in [-0.4, -0.2) is 40.4 Å². The van der Waals surface area contributed by atoms with E-state index in [0.29, 0.717) is 6.04 Å². The van der Waals surface area contributed by atoms with Gasteiger partial charge < -0.3 is 5.32 Å². The van der Waals surface area contributed by atoms with Gasteiger partial charge >= 0.3 is 0 Å². The Morgan fingerprint density at radius 3 is 2.60 bits per heavy atom. The lowest BCUT2D eigenvalue weighted by molar-refractivity contribution is 0.150. The van der Waals surface area contributed by atoms with Crippen LogP contribution >= 0.6 is 11.6 Å². The molecule has 0 amide bonds. The fourth-order valence-corrected chi connectivity index (χ4v) is 3.39. The standard InChI is InChI=1S/C15H27ClN4/c1-4-10-20(12-6-8-17-9-7-12)11-14-15(16)13(5-2)18-19(14)3/h12,17H,4-11H2,1-3H3. The lowest BCUT2D eigenvalue weighted by Gasteiger charge is -2.34. The molecular weight excluding hydrogens is 272 g/mol. The fourth-order valence-electron chi connectivity index (χ4n) is 3.03. The predicted octanol–water partition coefficient (Wildman–Crippen LogP) is 2.60. The zero-order valence-corrected chi connectivity index (χ0v) is 13.7. The van der Waals surface area contributed by atoms with Crippen LogP contribution in [0.25, 0.3) is 0 Å². The van der Waals surface area contributed by atoms with Crippen LogP contribution in [0.4, 0.5) is 0 Å². The molecule has 0 saturated carbocycles. The van der Waals surface area contributed by atoms with Gasteiger partial charge in [0.25, 0.3) is 0 Å². The highest BCUT2D eigenvalue weighted by Gasteiger charge is 2.23.